The van der Waals surface area contributed by atoms with Crippen molar-refractivity contribution in [3.63, 3.8) is 0 Å². The molecule has 2 aromatic rings. The molecule has 0 aliphatic carbocycles. The van der Waals surface area contributed by atoms with Crippen molar-refractivity contribution >= 4 is 11.6 Å². The number of rotatable bonds is 4. The second kappa shape index (κ2) is 6.20. The predicted octanol–water partition coefficient (Wildman–Crippen LogP) is 2.79. The monoisotopic (exact) mass is 289 g/mol. The average molecular weight is 290 g/mol. The normalized spacial score (nSPS) is 18.1. The van der Waals surface area contributed by atoms with E-state index in [0.29, 0.717) is 16.8 Å². The molecule has 1 aromatic carbocycles. The van der Waals surface area contributed by atoms with Gasteiger partial charge < -0.3 is 10.1 Å². The smallest absolute Gasteiger partial charge is 0.159 e. The molecule has 0 bridgehead atoms. The minimum Gasteiger partial charge on any atom is -0.490 e. The molecule has 20 heavy (non-hydrogen) atoms. The topological polar surface area (TPSA) is 47.0 Å². The average Bonchev–Trinajstić information content (AvgIpc) is 3.00. The summed E-state index contributed by atoms with van der Waals surface area (Å²) in [6.07, 6.45) is 4.61. The molecule has 1 aromatic heterocycles. The summed E-state index contributed by atoms with van der Waals surface area (Å²) in [5.41, 5.74) is 0.945. The van der Waals surface area contributed by atoms with E-state index in [4.69, 9.17) is 16.3 Å². The molecule has 1 atom stereocenters. The van der Waals surface area contributed by atoms with Gasteiger partial charge in [-0.05, 0) is 37.2 Å². The molecule has 2 heterocycles. The number of benzene rings is 1. The molecule has 104 valence electrons. The van der Waals surface area contributed by atoms with E-state index >= 15 is 0 Å². The summed E-state index contributed by atoms with van der Waals surface area (Å²) in [6.45, 7) is 2.83. The molecule has 1 saturated heterocycles. The molecule has 3 rings (SSSR count). The Morgan fingerprint density at radius 2 is 1.95 bits per heavy atom. The first-order chi connectivity index (χ1) is 9.81. The zero-order chi connectivity index (χ0) is 13.8. The van der Waals surface area contributed by atoms with Crippen LogP contribution in [-0.4, -0.2) is 29.7 Å². The summed E-state index contributed by atoms with van der Waals surface area (Å²) in [5.74, 6) is 1.98. The van der Waals surface area contributed by atoms with Gasteiger partial charge in [0.05, 0.1) is 19.0 Å². The maximum absolute atomic E-state index is 5.86. The SMILES string of the molecule is Clc1ccc(-c2ncc(OCC3CCNC3)cn2)cc1. The number of ether oxygens (including phenoxy) is 1. The third-order valence-electron chi connectivity index (χ3n) is 3.38. The van der Waals surface area contributed by atoms with Gasteiger partial charge in [0.2, 0.25) is 0 Å². The highest BCUT2D eigenvalue weighted by Gasteiger charge is 2.15. The molecule has 5 heteroatoms. The highest BCUT2D eigenvalue weighted by molar-refractivity contribution is 6.30. The van der Waals surface area contributed by atoms with Gasteiger partial charge >= 0.3 is 0 Å². The van der Waals surface area contributed by atoms with Crippen LogP contribution in [0, 0.1) is 5.92 Å². The van der Waals surface area contributed by atoms with Gasteiger partial charge in [-0.25, -0.2) is 9.97 Å². The first kappa shape index (κ1) is 13.3. The number of nitrogens with one attached hydrogen (secondary N) is 1. The van der Waals surface area contributed by atoms with Crippen molar-refractivity contribution < 1.29 is 4.74 Å². The largest absolute Gasteiger partial charge is 0.490 e. The Morgan fingerprint density at radius 3 is 2.60 bits per heavy atom. The minimum absolute atomic E-state index is 0.589. The van der Waals surface area contributed by atoms with E-state index < -0.39 is 0 Å². The van der Waals surface area contributed by atoms with Crippen LogP contribution in [0.2, 0.25) is 5.02 Å². The fourth-order valence-corrected chi connectivity index (χ4v) is 2.34. The van der Waals surface area contributed by atoms with Gasteiger partial charge in [-0.1, -0.05) is 11.6 Å². The Morgan fingerprint density at radius 1 is 1.20 bits per heavy atom. The zero-order valence-corrected chi connectivity index (χ0v) is 11.8. The van der Waals surface area contributed by atoms with Crippen LogP contribution in [0.4, 0.5) is 0 Å². The van der Waals surface area contributed by atoms with Gasteiger partial charge in [0.15, 0.2) is 11.6 Å². The second-order valence-electron chi connectivity index (χ2n) is 4.92. The summed E-state index contributed by atoms with van der Waals surface area (Å²) in [5, 5.41) is 4.03. The molecule has 0 amide bonds. The third kappa shape index (κ3) is 3.26. The fourth-order valence-electron chi connectivity index (χ4n) is 2.21. The molecule has 0 radical (unpaired) electrons. The number of hydrogen-bond donors (Lipinski definition) is 1. The first-order valence-corrected chi connectivity index (χ1v) is 7.10. The van der Waals surface area contributed by atoms with Crippen LogP contribution in [0.15, 0.2) is 36.7 Å². The zero-order valence-electron chi connectivity index (χ0n) is 11.1. The number of halogens is 1. The van der Waals surface area contributed by atoms with Gasteiger partial charge in [0, 0.05) is 23.0 Å². The Bertz CT molecular complexity index is 550. The van der Waals surface area contributed by atoms with Crippen LogP contribution in [0.25, 0.3) is 11.4 Å². The van der Waals surface area contributed by atoms with Crippen molar-refractivity contribution in [2.45, 2.75) is 6.42 Å². The van der Waals surface area contributed by atoms with Crippen molar-refractivity contribution in [1.82, 2.24) is 15.3 Å². The van der Waals surface area contributed by atoms with E-state index in [9.17, 15) is 0 Å². The predicted molar refractivity (Wildman–Crippen MR) is 78.9 cm³/mol. The molecule has 1 aliphatic heterocycles. The molecule has 1 unspecified atom stereocenters. The maximum Gasteiger partial charge on any atom is 0.159 e. The van der Waals surface area contributed by atoms with E-state index in [2.05, 4.69) is 15.3 Å². The van der Waals surface area contributed by atoms with Gasteiger partial charge in [0.1, 0.15) is 0 Å². The van der Waals surface area contributed by atoms with Crippen molar-refractivity contribution in [2.24, 2.45) is 5.92 Å². The first-order valence-electron chi connectivity index (χ1n) is 6.73. The van der Waals surface area contributed by atoms with Crippen molar-refractivity contribution in [3.8, 4) is 17.1 Å². The lowest BCUT2D eigenvalue weighted by Gasteiger charge is -2.10. The van der Waals surface area contributed by atoms with E-state index in [1.165, 1.54) is 6.42 Å². The summed E-state index contributed by atoms with van der Waals surface area (Å²) >= 11 is 5.86. The lowest BCUT2D eigenvalue weighted by atomic mass is 10.1. The third-order valence-corrected chi connectivity index (χ3v) is 3.63. The second-order valence-corrected chi connectivity index (χ2v) is 5.36. The summed E-state index contributed by atoms with van der Waals surface area (Å²) in [4.78, 5) is 8.66. The molecule has 0 saturated carbocycles. The number of hydrogen-bond acceptors (Lipinski definition) is 4. The summed E-state index contributed by atoms with van der Waals surface area (Å²) < 4.78 is 5.71. The highest BCUT2D eigenvalue weighted by Crippen LogP contribution is 2.19. The van der Waals surface area contributed by atoms with Gasteiger partial charge in [0.25, 0.3) is 0 Å². The molecule has 4 nitrogen and oxygen atoms in total. The molecule has 1 aliphatic rings. The molecule has 1 fully saturated rings. The molecular formula is C15H16ClN3O. The van der Waals surface area contributed by atoms with E-state index in [1.54, 1.807) is 12.4 Å². The van der Waals surface area contributed by atoms with Crippen LogP contribution >= 0.6 is 11.6 Å². The quantitative estimate of drug-likeness (QED) is 0.940. The molecule has 1 N–H and O–H groups in total. The van der Waals surface area contributed by atoms with Crippen LogP contribution < -0.4 is 10.1 Å². The Labute approximate surface area is 123 Å². The van der Waals surface area contributed by atoms with Gasteiger partial charge in [-0.2, -0.15) is 0 Å². The highest BCUT2D eigenvalue weighted by atomic mass is 35.5. The Kier molecular flexibility index (Phi) is 4.14. The Balaban J connectivity index is 1.63. The standard InChI is InChI=1S/C15H16ClN3O/c16-13-3-1-12(2-4-13)15-18-8-14(9-19-15)20-10-11-5-6-17-7-11/h1-4,8-9,11,17H,5-7,10H2. The van der Waals surface area contributed by atoms with Gasteiger partial charge in [-0.3, -0.25) is 0 Å². The van der Waals surface area contributed by atoms with E-state index in [0.717, 1.165) is 31.0 Å². The van der Waals surface area contributed by atoms with E-state index in [-0.39, 0.29) is 0 Å². The van der Waals surface area contributed by atoms with Gasteiger partial charge in [-0.15, -0.1) is 0 Å². The molecule has 0 spiro atoms. The summed E-state index contributed by atoms with van der Waals surface area (Å²) in [7, 11) is 0. The van der Waals surface area contributed by atoms with E-state index in [1.807, 2.05) is 24.3 Å². The van der Waals surface area contributed by atoms with Crippen molar-refractivity contribution in [2.75, 3.05) is 19.7 Å². The van der Waals surface area contributed by atoms with Crippen LogP contribution in [0.1, 0.15) is 6.42 Å². The van der Waals surface area contributed by atoms with Crippen molar-refractivity contribution in [1.29, 1.82) is 0 Å². The van der Waals surface area contributed by atoms with Crippen molar-refractivity contribution in [3.05, 3.63) is 41.7 Å². The lowest BCUT2D eigenvalue weighted by molar-refractivity contribution is 0.258. The number of aromatic nitrogens is 2. The lowest BCUT2D eigenvalue weighted by Crippen LogP contribution is -2.15. The maximum atomic E-state index is 5.86. The van der Waals surface area contributed by atoms with Crippen LogP contribution in [0.3, 0.4) is 0 Å². The number of nitrogens with zero attached hydrogens (tertiary/aromatic N) is 2. The van der Waals surface area contributed by atoms with Crippen LogP contribution in [-0.2, 0) is 0 Å². The fraction of sp³-hybridized carbons (Fsp3) is 0.333. The Hall–Kier alpha value is -1.65. The summed E-state index contributed by atoms with van der Waals surface area (Å²) in [6, 6.07) is 7.47. The van der Waals surface area contributed by atoms with Crippen LogP contribution in [0.5, 0.6) is 5.75 Å². The minimum atomic E-state index is 0.589. The molecular weight excluding hydrogens is 274 g/mol.